The number of hydrogen-bond donors (Lipinski definition) is 1. The molecule has 34 heavy (non-hydrogen) atoms. The molecule has 3 aromatic rings. The van der Waals surface area contributed by atoms with E-state index in [0.29, 0.717) is 4.99 Å². The summed E-state index contributed by atoms with van der Waals surface area (Å²) in [4.78, 5) is 27.8. The van der Waals surface area contributed by atoms with Crippen LogP contribution in [0.15, 0.2) is 54.1 Å². The van der Waals surface area contributed by atoms with Gasteiger partial charge in [0.2, 0.25) is 0 Å². The number of piperidine rings is 1. The number of amides is 1. The number of anilines is 3. The number of benzene rings is 2. The Balaban J connectivity index is 1.60. The number of thiocarbonyl (C=S) groups is 1. The Morgan fingerprint density at radius 3 is 2.29 bits per heavy atom. The minimum atomic E-state index is -0.391. The van der Waals surface area contributed by atoms with E-state index in [1.165, 1.54) is 38.2 Å². The second-order valence-electron chi connectivity index (χ2n) is 10.2. The number of rotatable bonds is 1. The summed E-state index contributed by atoms with van der Waals surface area (Å²) in [6.45, 7) is 9.17. The summed E-state index contributed by atoms with van der Waals surface area (Å²) in [5, 5.41) is 2.64. The van der Waals surface area contributed by atoms with Crippen LogP contribution in [0.4, 0.5) is 15.9 Å². The third kappa shape index (κ3) is 2.86. The fraction of sp³-hybridized carbons (Fsp3) is 0.250. The van der Waals surface area contributed by atoms with Crippen molar-refractivity contribution in [2.24, 2.45) is 0 Å². The first-order valence-corrected chi connectivity index (χ1v) is 13.5. The molecule has 3 aliphatic rings. The van der Waals surface area contributed by atoms with Crippen LogP contribution in [0, 0.1) is 0 Å². The van der Waals surface area contributed by atoms with E-state index in [1.807, 2.05) is 0 Å². The van der Waals surface area contributed by atoms with Crippen LogP contribution < -0.4 is 10.2 Å². The van der Waals surface area contributed by atoms with Crippen molar-refractivity contribution in [3.63, 3.8) is 0 Å². The molecule has 170 valence electrons. The van der Waals surface area contributed by atoms with Gasteiger partial charge in [-0.2, -0.15) is 0 Å². The van der Waals surface area contributed by atoms with E-state index in [1.54, 1.807) is 6.08 Å². The van der Waals surface area contributed by atoms with E-state index < -0.39 is 5.91 Å². The molecule has 6 rings (SSSR count). The van der Waals surface area contributed by atoms with E-state index in [4.69, 9.17) is 12.2 Å². The number of carbonyl (C=O) groups excluding carboxylic acids is 2. The van der Waals surface area contributed by atoms with Crippen LogP contribution >= 0.6 is 12.2 Å². The van der Waals surface area contributed by atoms with Gasteiger partial charge in [-0.25, -0.2) is 0 Å². The van der Waals surface area contributed by atoms with Crippen molar-refractivity contribution in [3.05, 3.63) is 80.8 Å². The average Bonchev–Trinajstić information content (AvgIpc) is 3.21. The molecule has 0 spiro atoms. The van der Waals surface area contributed by atoms with Crippen molar-refractivity contribution in [1.29, 1.82) is 0 Å². The fourth-order valence-corrected chi connectivity index (χ4v) is 8.50. The molecular weight excluding hydrogens is 507 g/mol. The van der Waals surface area contributed by atoms with Crippen molar-refractivity contribution in [2.75, 3.05) is 4.90 Å². The molecule has 1 amide bonds. The van der Waals surface area contributed by atoms with E-state index >= 15 is 0 Å². The molecule has 0 aliphatic carbocycles. The molecule has 0 atom stereocenters. The molecular formula is C28H24N2O2SSe. The van der Waals surface area contributed by atoms with E-state index in [2.05, 4.69) is 86.4 Å². The predicted octanol–water partition coefficient (Wildman–Crippen LogP) is 5.29. The Morgan fingerprint density at radius 2 is 1.59 bits per heavy atom. The molecule has 1 aromatic heterocycles. The molecule has 4 nitrogen and oxygen atoms in total. The monoisotopic (exact) mass is 532 g/mol. The Kier molecular flexibility index (Phi) is 4.54. The third-order valence-electron chi connectivity index (χ3n) is 7.44. The second-order valence-corrected chi connectivity index (χ2v) is 12.9. The van der Waals surface area contributed by atoms with Gasteiger partial charge in [0.1, 0.15) is 0 Å². The van der Waals surface area contributed by atoms with Gasteiger partial charge in [-0.05, 0) is 0 Å². The molecule has 3 aliphatic heterocycles. The van der Waals surface area contributed by atoms with Crippen molar-refractivity contribution in [1.82, 2.24) is 5.32 Å². The van der Waals surface area contributed by atoms with Crippen molar-refractivity contribution < 1.29 is 9.59 Å². The van der Waals surface area contributed by atoms with Gasteiger partial charge in [0.15, 0.2) is 0 Å². The van der Waals surface area contributed by atoms with Crippen LogP contribution in [0.2, 0.25) is 0 Å². The number of para-hydroxylation sites is 2. The number of ketones is 1. The second kappa shape index (κ2) is 7.11. The zero-order chi connectivity index (χ0) is 24.0. The van der Waals surface area contributed by atoms with Crippen molar-refractivity contribution in [2.45, 2.75) is 44.9 Å². The van der Waals surface area contributed by atoms with Gasteiger partial charge in [-0.1, -0.05) is 0 Å². The zero-order valence-electron chi connectivity index (χ0n) is 19.5. The Labute approximate surface area is 210 Å². The summed E-state index contributed by atoms with van der Waals surface area (Å²) in [6, 6.07) is 17.6. The third-order valence-corrected chi connectivity index (χ3v) is 9.92. The summed E-state index contributed by atoms with van der Waals surface area (Å²) in [6.07, 6.45) is 1.88. The summed E-state index contributed by atoms with van der Waals surface area (Å²) in [5.41, 5.74) is 7.63. The van der Waals surface area contributed by atoms with E-state index in [0.717, 1.165) is 4.44 Å². The van der Waals surface area contributed by atoms with Gasteiger partial charge in [0.25, 0.3) is 0 Å². The Morgan fingerprint density at radius 1 is 0.941 bits per heavy atom. The maximum absolute atomic E-state index is 12.6. The average molecular weight is 532 g/mol. The van der Waals surface area contributed by atoms with Crippen molar-refractivity contribution >= 4 is 65.4 Å². The summed E-state index contributed by atoms with van der Waals surface area (Å²) in [5.74, 6) is -0.594. The van der Waals surface area contributed by atoms with Gasteiger partial charge < -0.3 is 0 Å². The van der Waals surface area contributed by atoms with E-state index in [9.17, 15) is 9.59 Å². The van der Waals surface area contributed by atoms with E-state index in [-0.39, 0.29) is 43.1 Å². The van der Waals surface area contributed by atoms with Gasteiger partial charge >= 0.3 is 211 Å². The molecule has 1 saturated heterocycles. The Bertz CT molecular complexity index is 1460. The molecule has 0 bridgehead atoms. The number of nitrogens with zero attached hydrogens (tertiary/aromatic N) is 1. The molecule has 0 unspecified atom stereocenters. The normalized spacial score (nSPS) is 20.5. The zero-order valence-corrected chi connectivity index (χ0v) is 22.0. The number of fused-ring (bicyclic) bond motifs is 4. The predicted molar refractivity (Wildman–Crippen MR) is 141 cm³/mol. The number of Topliss-reactive ketones (excluding diaryl/α,β-unsaturated/α-hetero) is 1. The molecule has 0 saturated carbocycles. The van der Waals surface area contributed by atoms with Gasteiger partial charge in [-0.15, -0.1) is 0 Å². The molecule has 1 fully saturated rings. The SMILES string of the molecule is CC1(C)c2ccccc2N2c3[se]c(/C=C4\C(=O)CC(=S)NC4=O)cc3C(C)(C)c3cccc1c32. The number of carbonyl (C=O) groups is 2. The minimum absolute atomic E-state index is 0.0580. The summed E-state index contributed by atoms with van der Waals surface area (Å²) in [7, 11) is 0. The topological polar surface area (TPSA) is 49.4 Å². The van der Waals surface area contributed by atoms with Gasteiger partial charge in [0, 0.05) is 0 Å². The van der Waals surface area contributed by atoms with Crippen LogP contribution in [0.5, 0.6) is 0 Å². The molecule has 2 aromatic carbocycles. The van der Waals surface area contributed by atoms with Crippen LogP contribution in [-0.4, -0.2) is 31.2 Å². The molecule has 4 heterocycles. The quantitative estimate of drug-likeness (QED) is 0.201. The first-order chi connectivity index (χ1) is 16.1. The molecule has 1 N–H and O–H groups in total. The molecule has 6 heteroatoms. The van der Waals surface area contributed by atoms with Gasteiger partial charge in [-0.3, -0.25) is 0 Å². The van der Waals surface area contributed by atoms with Gasteiger partial charge in [0.05, 0.1) is 0 Å². The summed E-state index contributed by atoms with van der Waals surface area (Å²) < 4.78 is 2.32. The fourth-order valence-electron chi connectivity index (χ4n) is 5.59. The maximum atomic E-state index is 12.6. The first kappa shape index (κ1) is 21.7. The molecule has 0 radical (unpaired) electrons. The number of hydrogen-bond acceptors (Lipinski definition) is 4. The van der Waals surface area contributed by atoms with Crippen LogP contribution in [0.3, 0.4) is 0 Å². The van der Waals surface area contributed by atoms with Crippen LogP contribution in [0.1, 0.15) is 60.8 Å². The van der Waals surface area contributed by atoms with Crippen LogP contribution in [-0.2, 0) is 20.4 Å². The van der Waals surface area contributed by atoms with Crippen molar-refractivity contribution in [3.8, 4) is 0 Å². The van der Waals surface area contributed by atoms with Crippen LogP contribution in [0.25, 0.3) is 6.08 Å². The first-order valence-electron chi connectivity index (χ1n) is 11.4. The Hall–Kier alpha value is -2.79. The standard InChI is InChI=1S/C28H24N2O2SSe/c1-27(2)17-8-5-6-11-21(17)30-24-18(27)9-7-10-19(24)28(3,4)20-13-15(34-26(20)30)12-16-22(31)14-23(33)29-25(16)32/h5-13H,14H2,1-4H3,(H,29,32,33)/b16-12+. The number of nitrogens with one attached hydrogen (secondary N) is 1. The summed E-state index contributed by atoms with van der Waals surface area (Å²) >= 11 is 4.99.